The molecule has 0 radical (unpaired) electrons. The molecule has 2 spiro atoms. The van der Waals surface area contributed by atoms with Gasteiger partial charge in [-0.1, -0.05) is 0 Å². The van der Waals surface area contributed by atoms with Crippen molar-refractivity contribution in [2.75, 3.05) is 33.0 Å². The zero-order valence-corrected chi connectivity index (χ0v) is 17.9. The molecule has 10 nitrogen and oxygen atoms in total. The topological polar surface area (TPSA) is 135 Å². The Kier molecular flexibility index (Phi) is 4.84. The molecule has 13 heteroatoms. The van der Waals surface area contributed by atoms with E-state index in [0.29, 0.717) is 19.3 Å². The molecule has 2 aliphatic heterocycles. The monoisotopic (exact) mass is 482 g/mol. The minimum absolute atomic E-state index is 0.123. The van der Waals surface area contributed by atoms with Crippen molar-refractivity contribution >= 4 is 22.2 Å². The van der Waals surface area contributed by atoms with Gasteiger partial charge < -0.3 is 23.7 Å². The van der Waals surface area contributed by atoms with Crippen molar-refractivity contribution in [1.29, 1.82) is 0 Å². The summed E-state index contributed by atoms with van der Waals surface area (Å²) in [5.41, 5.74) is -1.60. The van der Waals surface area contributed by atoms with E-state index in [-0.39, 0.29) is 44.2 Å². The molecular weight excluding hydrogens is 458 g/mol. The molecule has 1 N–H and O–H groups in total. The Morgan fingerprint density at radius 1 is 1.06 bits per heavy atom. The predicted molar refractivity (Wildman–Crippen MR) is 97.8 cm³/mol. The van der Waals surface area contributed by atoms with Crippen LogP contribution < -0.4 is 0 Å². The lowest BCUT2D eigenvalue weighted by Crippen LogP contribution is -2.68. The summed E-state index contributed by atoms with van der Waals surface area (Å²) >= 11 is 0. The van der Waals surface area contributed by atoms with Crippen molar-refractivity contribution in [2.45, 2.75) is 43.1 Å². The number of halogens is 2. The smallest absolute Gasteiger partial charge is 0.458 e. The van der Waals surface area contributed by atoms with Crippen LogP contribution in [0.3, 0.4) is 0 Å². The number of carbonyl (C=O) groups excluding carboxylic acids is 2. The summed E-state index contributed by atoms with van der Waals surface area (Å²) in [6, 6.07) is 0. The zero-order valence-electron chi connectivity index (χ0n) is 17.1. The molecule has 6 aliphatic rings. The Hall–Kier alpha value is -1.57. The third-order valence-corrected chi connectivity index (χ3v) is 8.58. The van der Waals surface area contributed by atoms with Gasteiger partial charge >= 0.3 is 27.5 Å². The maximum atomic E-state index is 13.6. The fourth-order valence-electron chi connectivity index (χ4n) is 6.31. The summed E-state index contributed by atoms with van der Waals surface area (Å²) < 4.78 is 84.6. The first-order valence-corrected chi connectivity index (χ1v) is 11.9. The fraction of sp³-hybridized carbons (Fsp3) is 0.895. The average molecular weight is 482 g/mol. The van der Waals surface area contributed by atoms with Crippen LogP contribution in [0.2, 0.25) is 0 Å². The molecule has 4 saturated carbocycles. The van der Waals surface area contributed by atoms with Gasteiger partial charge in [-0.2, -0.15) is 17.2 Å². The van der Waals surface area contributed by atoms with Crippen molar-refractivity contribution in [1.82, 2.24) is 0 Å². The molecule has 0 amide bonds. The van der Waals surface area contributed by atoms with E-state index < -0.39 is 50.7 Å². The van der Waals surface area contributed by atoms with Gasteiger partial charge in [-0.25, -0.2) is 4.79 Å². The molecular formula is C19H24F2O10S. The van der Waals surface area contributed by atoms with Gasteiger partial charge in [0, 0.05) is 11.8 Å². The molecule has 0 aromatic rings. The minimum Gasteiger partial charge on any atom is -0.458 e. The first-order chi connectivity index (χ1) is 14.9. The minimum atomic E-state index is -5.69. The largest absolute Gasteiger partial charge is 0.508 e. The molecule has 2 saturated heterocycles. The molecule has 32 heavy (non-hydrogen) atoms. The first-order valence-electron chi connectivity index (χ1n) is 10.5. The van der Waals surface area contributed by atoms with Crippen molar-refractivity contribution < 1.29 is 55.0 Å². The van der Waals surface area contributed by atoms with E-state index in [4.69, 9.17) is 28.2 Å². The number of hydrogen-bond acceptors (Lipinski definition) is 9. The highest BCUT2D eigenvalue weighted by Gasteiger charge is 2.68. The Balaban J connectivity index is 1.29. The van der Waals surface area contributed by atoms with Crippen LogP contribution in [0.5, 0.6) is 0 Å². The second-order valence-electron chi connectivity index (χ2n) is 9.94. The van der Waals surface area contributed by atoms with Crippen LogP contribution in [0.4, 0.5) is 13.6 Å². The van der Waals surface area contributed by atoms with E-state index in [1.807, 2.05) is 0 Å². The maximum absolute atomic E-state index is 13.6. The van der Waals surface area contributed by atoms with Gasteiger partial charge in [0.15, 0.2) is 12.4 Å². The molecule has 2 atom stereocenters. The lowest BCUT2D eigenvalue weighted by Gasteiger charge is -2.65. The predicted octanol–water partition coefficient (Wildman–Crippen LogP) is 1.73. The molecule has 6 fully saturated rings. The highest BCUT2D eigenvalue weighted by molar-refractivity contribution is 7.86. The zero-order chi connectivity index (χ0) is 23.0. The molecule has 0 aromatic heterocycles. The van der Waals surface area contributed by atoms with Crippen LogP contribution >= 0.6 is 0 Å². The van der Waals surface area contributed by atoms with Gasteiger partial charge in [-0.15, -0.1) is 0 Å². The summed E-state index contributed by atoms with van der Waals surface area (Å²) in [6.45, 7) is -0.964. The summed E-state index contributed by atoms with van der Waals surface area (Å²) in [5, 5.41) is -4.57. The summed E-state index contributed by atoms with van der Waals surface area (Å²) in [5.74, 6) is -1.93. The van der Waals surface area contributed by atoms with Crippen LogP contribution in [0.25, 0.3) is 0 Å². The van der Waals surface area contributed by atoms with Gasteiger partial charge in [-0.3, -0.25) is 9.35 Å². The van der Waals surface area contributed by atoms with E-state index >= 15 is 0 Å². The van der Waals surface area contributed by atoms with Crippen LogP contribution in [-0.4, -0.2) is 69.2 Å². The van der Waals surface area contributed by atoms with E-state index in [1.54, 1.807) is 0 Å². The quantitative estimate of drug-likeness (QED) is 0.466. The third-order valence-electron chi connectivity index (χ3n) is 7.71. The molecule has 4 bridgehead atoms. The molecule has 4 aliphatic carbocycles. The molecule has 2 unspecified atom stereocenters. The van der Waals surface area contributed by atoms with E-state index in [9.17, 15) is 26.8 Å². The summed E-state index contributed by atoms with van der Waals surface area (Å²) in [6.07, 6.45) is 1.88. The number of ether oxygens (including phenoxy) is 5. The Morgan fingerprint density at radius 2 is 1.62 bits per heavy atom. The van der Waals surface area contributed by atoms with Crippen LogP contribution in [0, 0.1) is 28.6 Å². The van der Waals surface area contributed by atoms with E-state index in [0.717, 1.165) is 12.8 Å². The number of esters is 1. The fourth-order valence-corrected chi connectivity index (χ4v) is 6.52. The van der Waals surface area contributed by atoms with E-state index in [1.165, 1.54) is 0 Å². The SMILES string of the molecule is O=C1OCC2(CO1)COC1(OC2)C2CC3CC1CC(C(=O)OCC(F)(F)S(=O)(=O)O)(C3)C2. The van der Waals surface area contributed by atoms with Gasteiger partial charge in [0.05, 0.1) is 24.0 Å². The van der Waals surface area contributed by atoms with Gasteiger partial charge in [0.1, 0.15) is 13.2 Å². The number of hydrogen-bond donors (Lipinski definition) is 1. The molecule has 6 rings (SSSR count). The van der Waals surface area contributed by atoms with Crippen molar-refractivity contribution in [3.63, 3.8) is 0 Å². The number of carbonyl (C=O) groups is 2. The van der Waals surface area contributed by atoms with Crippen LogP contribution in [-0.2, 0) is 38.6 Å². The maximum Gasteiger partial charge on any atom is 0.508 e. The second kappa shape index (κ2) is 6.97. The third kappa shape index (κ3) is 3.31. The first kappa shape index (κ1) is 22.2. The number of alkyl halides is 2. The van der Waals surface area contributed by atoms with Gasteiger partial charge in [-0.05, 0) is 38.0 Å². The Morgan fingerprint density at radius 3 is 2.16 bits per heavy atom. The van der Waals surface area contributed by atoms with Crippen molar-refractivity contribution in [3.8, 4) is 0 Å². The summed E-state index contributed by atoms with van der Waals surface area (Å²) in [7, 11) is -5.69. The average Bonchev–Trinajstić information content (AvgIpc) is 2.72. The summed E-state index contributed by atoms with van der Waals surface area (Å²) in [4.78, 5) is 24.0. The van der Waals surface area contributed by atoms with Crippen LogP contribution in [0.15, 0.2) is 0 Å². The van der Waals surface area contributed by atoms with Crippen molar-refractivity contribution in [2.24, 2.45) is 28.6 Å². The highest BCUT2D eigenvalue weighted by Crippen LogP contribution is 2.66. The Labute approximate surface area is 182 Å². The van der Waals surface area contributed by atoms with Gasteiger partial charge in [0.2, 0.25) is 0 Å². The number of cyclic esters (lactones) is 2. The standard InChI is InChI=1S/C19H24F2O10S/c20-18(21,32(24,25)26)10-27-14(22)17-3-11-1-12(4-17)19(13(2-11)5-17)30-8-16(9-31-19)6-28-15(23)29-7-16/h11-13H,1-10H2,(H,24,25,26). The van der Waals surface area contributed by atoms with Crippen molar-refractivity contribution in [3.05, 3.63) is 0 Å². The lowest BCUT2D eigenvalue weighted by atomic mass is 9.47. The van der Waals surface area contributed by atoms with E-state index in [2.05, 4.69) is 0 Å². The molecule has 2 heterocycles. The highest BCUT2D eigenvalue weighted by atomic mass is 32.2. The normalized spacial score (nSPS) is 37.2. The second-order valence-corrected chi connectivity index (χ2v) is 11.5. The molecule has 0 aromatic carbocycles. The van der Waals surface area contributed by atoms with Crippen LogP contribution in [0.1, 0.15) is 32.1 Å². The Bertz CT molecular complexity index is 896. The molecule has 180 valence electrons. The van der Waals surface area contributed by atoms with Gasteiger partial charge in [0.25, 0.3) is 0 Å². The number of rotatable bonds is 4. The lowest BCUT2D eigenvalue weighted by molar-refractivity contribution is -0.393.